The van der Waals surface area contributed by atoms with Crippen LogP contribution in [0.25, 0.3) is 33.1 Å². The number of nitrogens with one attached hydrogen (secondary N) is 2. The fraction of sp³-hybridized carbons (Fsp3) is 0.0370. The third-order valence-electron chi connectivity index (χ3n) is 6.12. The van der Waals surface area contributed by atoms with Crippen molar-refractivity contribution in [3.05, 3.63) is 103 Å². The van der Waals surface area contributed by atoms with Gasteiger partial charge in [-0.25, -0.2) is 9.97 Å². The van der Waals surface area contributed by atoms with Crippen molar-refractivity contribution in [3.8, 4) is 11.1 Å². The molecule has 11 heteroatoms. The number of pyridine rings is 2. The van der Waals surface area contributed by atoms with Gasteiger partial charge in [-0.15, -0.1) is 11.6 Å². The first-order chi connectivity index (χ1) is 18.5. The van der Waals surface area contributed by atoms with Crippen LogP contribution >= 0.6 is 11.6 Å². The second-order valence-electron chi connectivity index (χ2n) is 8.46. The van der Waals surface area contributed by atoms with E-state index in [0.717, 1.165) is 15.0 Å². The van der Waals surface area contributed by atoms with Crippen molar-refractivity contribution in [1.29, 1.82) is 0 Å². The third kappa shape index (κ3) is 4.09. The van der Waals surface area contributed by atoms with Crippen LogP contribution in [0.1, 0.15) is 16.2 Å². The van der Waals surface area contributed by atoms with Crippen LogP contribution in [0.15, 0.2) is 96.3 Å². The summed E-state index contributed by atoms with van der Waals surface area (Å²) in [5.41, 5.74) is 3.60. The van der Waals surface area contributed by atoms with E-state index < -0.39 is 15.9 Å². The number of anilines is 1. The number of benzene rings is 2. The van der Waals surface area contributed by atoms with Crippen molar-refractivity contribution in [3.63, 3.8) is 0 Å². The zero-order chi connectivity index (χ0) is 26.3. The lowest BCUT2D eigenvalue weighted by Gasteiger charge is -2.12. The number of hydrogen-bond acceptors (Lipinski definition) is 6. The summed E-state index contributed by atoms with van der Waals surface area (Å²) in [6.07, 6.45) is 4.87. The van der Waals surface area contributed by atoms with Crippen LogP contribution in [-0.4, -0.2) is 38.5 Å². The fourth-order valence-corrected chi connectivity index (χ4v) is 5.76. The van der Waals surface area contributed by atoms with Crippen molar-refractivity contribution in [2.45, 2.75) is 10.8 Å². The van der Waals surface area contributed by atoms with Gasteiger partial charge in [-0.2, -0.15) is 17.6 Å². The molecule has 188 valence electrons. The molecule has 6 rings (SSSR count). The third-order valence-corrected chi connectivity index (χ3v) is 8.01. The quantitative estimate of drug-likeness (QED) is 0.279. The maximum Gasteiger partial charge on any atom is 0.283 e. The normalized spacial score (nSPS) is 11.7. The highest BCUT2D eigenvalue weighted by molar-refractivity contribution is 7.90. The molecule has 2 aromatic carbocycles. The highest BCUT2D eigenvalue weighted by atomic mass is 35.5. The molecule has 0 aliphatic rings. The molecule has 9 nitrogen and oxygen atoms in total. The number of amides is 1. The Hall–Kier alpha value is -4.54. The van der Waals surface area contributed by atoms with Gasteiger partial charge in [-0.3, -0.25) is 4.79 Å². The topological polar surface area (TPSA) is 123 Å². The van der Waals surface area contributed by atoms with Crippen LogP contribution in [0.5, 0.6) is 0 Å². The zero-order valence-corrected chi connectivity index (χ0v) is 21.2. The SMILES string of the molecule is O=C(Nc1cc(-c2ccnc3[nH]ccc23)cc2c1cnn2S(=O)(=O)c1ccccc1)c1cccc(CCl)n1. The zero-order valence-electron chi connectivity index (χ0n) is 19.7. The number of nitrogens with zero attached hydrogens (tertiary/aromatic N) is 4. The minimum atomic E-state index is -4.01. The van der Waals surface area contributed by atoms with E-state index in [-0.39, 0.29) is 16.5 Å². The van der Waals surface area contributed by atoms with Gasteiger partial charge in [0.1, 0.15) is 11.3 Å². The van der Waals surface area contributed by atoms with Gasteiger partial charge >= 0.3 is 0 Å². The fourth-order valence-electron chi connectivity index (χ4n) is 4.33. The standard InChI is InChI=1S/C27H19ClN6O3S/c28-15-18-5-4-8-23(32-18)27(35)33-24-13-17(20-9-11-29-26-21(20)10-12-30-26)14-25-22(24)16-31-34(25)38(36,37)19-6-2-1-3-7-19/h1-14,16H,15H2,(H,29,30)(H,33,35). The Morgan fingerprint density at radius 1 is 1.00 bits per heavy atom. The van der Waals surface area contributed by atoms with Crippen LogP contribution in [0.3, 0.4) is 0 Å². The van der Waals surface area contributed by atoms with Crippen LogP contribution in [0.4, 0.5) is 5.69 Å². The van der Waals surface area contributed by atoms with Crippen LogP contribution < -0.4 is 5.32 Å². The number of aromatic amines is 1. The molecule has 0 saturated carbocycles. The van der Waals surface area contributed by atoms with Crippen molar-refractivity contribution in [2.24, 2.45) is 0 Å². The number of fused-ring (bicyclic) bond motifs is 2. The van der Waals surface area contributed by atoms with Crippen molar-refractivity contribution in [1.82, 2.24) is 24.1 Å². The smallest absolute Gasteiger partial charge is 0.283 e. The number of carbonyl (C=O) groups excluding carboxylic acids is 1. The van der Waals surface area contributed by atoms with Gasteiger partial charge in [0.05, 0.1) is 33.9 Å². The first kappa shape index (κ1) is 23.8. The molecule has 6 aromatic rings. The molecular formula is C27H19ClN6O3S. The van der Waals surface area contributed by atoms with E-state index in [0.29, 0.717) is 33.5 Å². The first-order valence-corrected chi connectivity index (χ1v) is 13.5. The minimum Gasteiger partial charge on any atom is -0.346 e. The van der Waals surface area contributed by atoms with E-state index in [1.165, 1.54) is 18.3 Å². The summed E-state index contributed by atoms with van der Waals surface area (Å²) in [4.78, 5) is 25.0. The number of aromatic nitrogens is 5. The van der Waals surface area contributed by atoms with Crippen LogP contribution in [0.2, 0.25) is 0 Å². The maximum atomic E-state index is 13.5. The number of carbonyl (C=O) groups is 1. The van der Waals surface area contributed by atoms with Crippen molar-refractivity contribution < 1.29 is 13.2 Å². The number of alkyl halides is 1. The van der Waals surface area contributed by atoms with Crippen LogP contribution in [0, 0.1) is 0 Å². The van der Waals surface area contributed by atoms with Crippen molar-refractivity contribution in [2.75, 3.05) is 5.32 Å². The Morgan fingerprint density at radius 3 is 2.66 bits per heavy atom. The molecular weight excluding hydrogens is 524 g/mol. The van der Waals surface area contributed by atoms with Gasteiger partial charge in [0.25, 0.3) is 15.9 Å². The van der Waals surface area contributed by atoms with Crippen molar-refractivity contribution >= 4 is 55.2 Å². The largest absolute Gasteiger partial charge is 0.346 e. The number of rotatable bonds is 6. The lowest BCUT2D eigenvalue weighted by molar-refractivity contribution is 0.102. The Kier molecular flexibility index (Phi) is 5.90. The predicted molar refractivity (Wildman–Crippen MR) is 146 cm³/mol. The highest BCUT2D eigenvalue weighted by Gasteiger charge is 2.23. The molecule has 1 amide bonds. The molecule has 2 N–H and O–H groups in total. The van der Waals surface area contributed by atoms with Gasteiger partial charge in [0.15, 0.2) is 0 Å². The molecule has 0 fully saturated rings. The van der Waals surface area contributed by atoms with Gasteiger partial charge in [-0.05, 0) is 59.7 Å². The molecule has 0 saturated heterocycles. The van der Waals surface area contributed by atoms with E-state index in [2.05, 4.69) is 25.4 Å². The molecule has 0 bridgehead atoms. The molecule has 0 aliphatic carbocycles. The molecule has 0 spiro atoms. The first-order valence-electron chi connectivity index (χ1n) is 11.5. The lowest BCUT2D eigenvalue weighted by Crippen LogP contribution is -2.15. The van der Waals surface area contributed by atoms with E-state index >= 15 is 0 Å². The Morgan fingerprint density at radius 2 is 1.84 bits per heavy atom. The average molecular weight is 543 g/mol. The molecule has 4 aromatic heterocycles. The highest BCUT2D eigenvalue weighted by Crippen LogP contribution is 2.35. The molecule has 0 atom stereocenters. The second-order valence-corrected chi connectivity index (χ2v) is 10.5. The summed E-state index contributed by atoms with van der Waals surface area (Å²) in [6.45, 7) is 0. The average Bonchev–Trinajstić information content (AvgIpc) is 3.61. The summed E-state index contributed by atoms with van der Waals surface area (Å²) < 4.78 is 28.0. The number of hydrogen-bond donors (Lipinski definition) is 2. The molecule has 0 unspecified atom stereocenters. The van der Waals surface area contributed by atoms with Crippen LogP contribution in [-0.2, 0) is 15.9 Å². The maximum absolute atomic E-state index is 13.5. The number of H-pyrrole nitrogens is 1. The Bertz CT molecular complexity index is 1930. The Balaban J connectivity index is 1.55. The molecule has 38 heavy (non-hydrogen) atoms. The van der Waals surface area contributed by atoms with Gasteiger partial charge in [-0.1, -0.05) is 24.3 Å². The minimum absolute atomic E-state index is 0.0972. The summed E-state index contributed by atoms with van der Waals surface area (Å²) >= 11 is 5.90. The summed E-state index contributed by atoms with van der Waals surface area (Å²) in [5.74, 6) is -0.296. The molecule has 4 heterocycles. The summed E-state index contributed by atoms with van der Waals surface area (Å²) in [6, 6.07) is 20.3. The predicted octanol–water partition coefficient (Wildman–Crippen LogP) is 5.20. The second kappa shape index (κ2) is 9.40. The van der Waals surface area contributed by atoms with E-state index in [1.807, 2.05) is 12.1 Å². The monoisotopic (exact) mass is 542 g/mol. The van der Waals surface area contributed by atoms with Gasteiger partial charge in [0.2, 0.25) is 0 Å². The summed E-state index contributed by atoms with van der Waals surface area (Å²) in [5, 5.41) is 8.42. The van der Waals surface area contributed by atoms with Gasteiger partial charge in [0, 0.05) is 23.2 Å². The molecule has 0 aliphatic heterocycles. The van der Waals surface area contributed by atoms with E-state index in [4.69, 9.17) is 11.6 Å². The van der Waals surface area contributed by atoms with Gasteiger partial charge < -0.3 is 10.3 Å². The van der Waals surface area contributed by atoms with E-state index in [1.54, 1.807) is 60.9 Å². The Labute approximate surface area is 222 Å². The lowest BCUT2D eigenvalue weighted by atomic mass is 10.0. The number of halogens is 1. The van der Waals surface area contributed by atoms with E-state index in [9.17, 15) is 13.2 Å². The molecule has 0 radical (unpaired) electrons. The summed E-state index contributed by atoms with van der Waals surface area (Å²) in [7, 11) is -4.01.